The highest BCUT2D eigenvalue weighted by atomic mass is 32.2. The third-order valence-electron chi connectivity index (χ3n) is 3.62. The maximum Gasteiger partial charge on any atom is 0.157 e. The van der Waals surface area contributed by atoms with Gasteiger partial charge in [-0.2, -0.15) is 0 Å². The Bertz CT molecular complexity index is 461. The lowest BCUT2D eigenvalue weighted by Gasteiger charge is -2.35. The first-order chi connectivity index (χ1) is 9.15. The molecule has 0 spiro atoms. The fourth-order valence-electron chi connectivity index (χ4n) is 2.01. The molecule has 0 aliphatic carbocycles. The van der Waals surface area contributed by atoms with Crippen molar-refractivity contribution in [2.24, 2.45) is 4.99 Å². The van der Waals surface area contributed by atoms with E-state index in [1.165, 1.54) is 12.0 Å². The van der Waals surface area contributed by atoms with Crippen molar-refractivity contribution in [3.8, 4) is 5.75 Å². The topological polar surface area (TPSA) is 33.6 Å². The van der Waals surface area contributed by atoms with Crippen LogP contribution in [0, 0.1) is 0 Å². The molecule has 1 fully saturated rings. The molecule has 3 nitrogen and oxygen atoms in total. The lowest BCUT2D eigenvalue weighted by molar-refractivity contribution is 0.390. The van der Waals surface area contributed by atoms with Gasteiger partial charge in [0.15, 0.2) is 5.17 Å². The molecule has 1 aliphatic heterocycles. The van der Waals surface area contributed by atoms with Gasteiger partial charge in [0.1, 0.15) is 5.75 Å². The summed E-state index contributed by atoms with van der Waals surface area (Å²) in [4.78, 5) is 4.69. The Labute approximate surface area is 119 Å². The minimum absolute atomic E-state index is 0.207. The summed E-state index contributed by atoms with van der Waals surface area (Å²) < 4.78 is 5.23. The van der Waals surface area contributed by atoms with Crippen LogP contribution in [0.5, 0.6) is 5.75 Å². The zero-order valence-electron chi connectivity index (χ0n) is 11.9. The van der Waals surface area contributed by atoms with E-state index in [1.807, 2.05) is 30.0 Å². The number of nitrogens with one attached hydrogen (secondary N) is 1. The summed E-state index contributed by atoms with van der Waals surface area (Å²) in [6.07, 6.45) is 2.33. The molecular weight excluding hydrogens is 256 g/mol. The van der Waals surface area contributed by atoms with Crippen molar-refractivity contribution in [1.82, 2.24) is 5.32 Å². The van der Waals surface area contributed by atoms with E-state index in [0.29, 0.717) is 6.54 Å². The van der Waals surface area contributed by atoms with E-state index in [-0.39, 0.29) is 5.54 Å². The number of hydrogen-bond acceptors (Lipinski definition) is 3. The van der Waals surface area contributed by atoms with Crippen LogP contribution < -0.4 is 10.1 Å². The van der Waals surface area contributed by atoms with E-state index in [4.69, 9.17) is 4.74 Å². The summed E-state index contributed by atoms with van der Waals surface area (Å²) in [5.74, 6) is 2.04. The Balaban J connectivity index is 2.01. The van der Waals surface area contributed by atoms with Crippen molar-refractivity contribution in [2.45, 2.75) is 38.8 Å². The number of rotatable bonds is 4. The van der Waals surface area contributed by atoms with Gasteiger partial charge in [0.2, 0.25) is 0 Å². The Morgan fingerprint density at radius 1 is 1.47 bits per heavy atom. The number of amidine groups is 1. The maximum atomic E-state index is 5.23. The van der Waals surface area contributed by atoms with Crippen LogP contribution in [0.3, 0.4) is 0 Å². The Hall–Kier alpha value is -1.16. The third-order valence-corrected chi connectivity index (χ3v) is 4.53. The molecule has 0 aromatic heterocycles. The van der Waals surface area contributed by atoms with Crippen LogP contribution in [0.4, 0.5) is 0 Å². The molecule has 1 aromatic rings. The van der Waals surface area contributed by atoms with Gasteiger partial charge >= 0.3 is 0 Å². The smallest absolute Gasteiger partial charge is 0.157 e. The zero-order valence-corrected chi connectivity index (χ0v) is 12.7. The summed E-state index contributed by atoms with van der Waals surface area (Å²) in [6, 6.07) is 8.08. The van der Waals surface area contributed by atoms with Gasteiger partial charge < -0.3 is 10.1 Å². The van der Waals surface area contributed by atoms with E-state index in [9.17, 15) is 0 Å². The van der Waals surface area contributed by atoms with Gasteiger partial charge in [-0.15, -0.1) is 0 Å². The van der Waals surface area contributed by atoms with Crippen molar-refractivity contribution in [3.63, 3.8) is 0 Å². The van der Waals surface area contributed by atoms with Crippen LogP contribution in [0.25, 0.3) is 0 Å². The molecule has 4 heteroatoms. The predicted octanol–water partition coefficient (Wildman–Crippen LogP) is 3.45. The van der Waals surface area contributed by atoms with Gasteiger partial charge in [0.25, 0.3) is 0 Å². The van der Waals surface area contributed by atoms with Gasteiger partial charge in [0.05, 0.1) is 13.7 Å². The molecule has 1 atom stereocenters. The molecule has 1 saturated heterocycles. The SMILES string of the molecule is CCC1(C)CCSC(=NCc2cccc(OC)c2)N1. The molecule has 0 saturated carbocycles. The van der Waals surface area contributed by atoms with Crippen LogP contribution in [0.1, 0.15) is 32.3 Å². The average molecular weight is 278 g/mol. The van der Waals surface area contributed by atoms with E-state index in [0.717, 1.165) is 23.1 Å². The minimum atomic E-state index is 0.207. The molecule has 0 bridgehead atoms. The summed E-state index contributed by atoms with van der Waals surface area (Å²) in [6.45, 7) is 5.20. The van der Waals surface area contributed by atoms with Crippen LogP contribution in [-0.4, -0.2) is 23.6 Å². The molecule has 2 rings (SSSR count). The number of thioether (sulfide) groups is 1. The normalized spacial score (nSPS) is 25.1. The Morgan fingerprint density at radius 3 is 3.05 bits per heavy atom. The molecule has 1 N–H and O–H groups in total. The number of hydrogen-bond donors (Lipinski definition) is 1. The van der Waals surface area contributed by atoms with E-state index >= 15 is 0 Å². The third kappa shape index (κ3) is 3.90. The first-order valence-corrected chi connectivity index (χ1v) is 7.72. The molecular formula is C15H22N2OS. The monoisotopic (exact) mass is 278 g/mol. The van der Waals surface area contributed by atoms with Gasteiger partial charge in [0, 0.05) is 11.3 Å². The number of nitrogens with zero attached hydrogens (tertiary/aromatic N) is 1. The van der Waals surface area contributed by atoms with E-state index in [2.05, 4.69) is 30.2 Å². The van der Waals surface area contributed by atoms with Gasteiger partial charge in [-0.05, 0) is 37.5 Å². The Morgan fingerprint density at radius 2 is 2.32 bits per heavy atom. The van der Waals surface area contributed by atoms with Crippen LogP contribution in [-0.2, 0) is 6.54 Å². The van der Waals surface area contributed by atoms with Gasteiger partial charge in [-0.3, -0.25) is 4.99 Å². The number of benzene rings is 1. The summed E-state index contributed by atoms with van der Waals surface area (Å²) in [7, 11) is 1.69. The molecule has 19 heavy (non-hydrogen) atoms. The predicted molar refractivity (Wildman–Crippen MR) is 83.0 cm³/mol. The minimum Gasteiger partial charge on any atom is -0.497 e. The highest BCUT2D eigenvalue weighted by Gasteiger charge is 2.27. The molecule has 1 aliphatic rings. The number of aliphatic imine (C=N–C) groups is 1. The molecule has 1 heterocycles. The first-order valence-electron chi connectivity index (χ1n) is 6.73. The fraction of sp³-hybridized carbons (Fsp3) is 0.533. The second kappa shape index (κ2) is 6.33. The van der Waals surface area contributed by atoms with Gasteiger partial charge in [-0.25, -0.2) is 0 Å². The van der Waals surface area contributed by atoms with Crippen molar-refractivity contribution in [1.29, 1.82) is 0 Å². The lowest BCUT2D eigenvalue weighted by Crippen LogP contribution is -2.48. The average Bonchev–Trinajstić information content (AvgIpc) is 2.45. The lowest BCUT2D eigenvalue weighted by atomic mass is 9.96. The molecule has 1 aromatic carbocycles. The largest absolute Gasteiger partial charge is 0.497 e. The standard InChI is InChI=1S/C15H22N2OS/c1-4-15(2)8-9-19-14(17-15)16-11-12-6-5-7-13(10-12)18-3/h5-7,10H,4,8-9,11H2,1-3H3,(H,16,17). The molecule has 0 radical (unpaired) electrons. The maximum absolute atomic E-state index is 5.23. The summed E-state index contributed by atoms with van der Waals surface area (Å²) in [5, 5.41) is 4.63. The summed E-state index contributed by atoms with van der Waals surface area (Å²) >= 11 is 1.82. The number of ether oxygens (including phenoxy) is 1. The number of methoxy groups -OCH3 is 1. The van der Waals surface area contributed by atoms with Crippen molar-refractivity contribution < 1.29 is 4.74 Å². The highest BCUT2D eigenvalue weighted by Crippen LogP contribution is 2.25. The van der Waals surface area contributed by atoms with Crippen LogP contribution in [0.15, 0.2) is 29.3 Å². The molecule has 1 unspecified atom stereocenters. The van der Waals surface area contributed by atoms with Crippen molar-refractivity contribution >= 4 is 16.9 Å². The van der Waals surface area contributed by atoms with E-state index in [1.54, 1.807) is 7.11 Å². The summed E-state index contributed by atoms with van der Waals surface area (Å²) in [5.41, 5.74) is 1.39. The van der Waals surface area contributed by atoms with Gasteiger partial charge in [-0.1, -0.05) is 30.8 Å². The quantitative estimate of drug-likeness (QED) is 0.916. The highest BCUT2D eigenvalue weighted by molar-refractivity contribution is 8.13. The molecule has 104 valence electrons. The second-order valence-electron chi connectivity index (χ2n) is 5.11. The fourth-order valence-corrected chi connectivity index (χ4v) is 3.23. The van der Waals surface area contributed by atoms with Crippen LogP contribution >= 0.6 is 11.8 Å². The van der Waals surface area contributed by atoms with E-state index < -0.39 is 0 Å². The van der Waals surface area contributed by atoms with Crippen LogP contribution in [0.2, 0.25) is 0 Å². The van der Waals surface area contributed by atoms with Crippen molar-refractivity contribution in [2.75, 3.05) is 12.9 Å². The zero-order chi connectivity index (χ0) is 13.7. The Kier molecular flexibility index (Phi) is 4.75. The first kappa shape index (κ1) is 14.3. The second-order valence-corrected chi connectivity index (χ2v) is 6.19. The molecule has 0 amide bonds. The van der Waals surface area contributed by atoms with Crippen molar-refractivity contribution in [3.05, 3.63) is 29.8 Å².